The Morgan fingerprint density at radius 2 is 2.20 bits per heavy atom. The van der Waals surface area contributed by atoms with Gasteiger partial charge in [-0.05, 0) is 31.9 Å². The molecule has 2 aromatic heterocycles. The van der Waals surface area contributed by atoms with Crippen molar-refractivity contribution in [2.45, 2.75) is 52.1 Å². The second kappa shape index (κ2) is 6.22. The summed E-state index contributed by atoms with van der Waals surface area (Å²) >= 11 is 0. The van der Waals surface area contributed by atoms with E-state index in [4.69, 9.17) is 4.42 Å². The lowest BCUT2D eigenvalue weighted by molar-refractivity contribution is 0.461. The Kier molecular flexibility index (Phi) is 4.16. The summed E-state index contributed by atoms with van der Waals surface area (Å²) in [6.45, 7) is 4.72. The highest BCUT2D eigenvalue weighted by atomic mass is 16.3. The average Bonchev–Trinajstić information content (AvgIpc) is 2.94. The molecular formula is C15H22N4O. The molecule has 5 nitrogen and oxygen atoms in total. The zero-order valence-electron chi connectivity index (χ0n) is 12.1. The number of furan rings is 1. The van der Waals surface area contributed by atoms with Crippen molar-refractivity contribution in [1.29, 1.82) is 0 Å². The number of rotatable bonds is 5. The van der Waals surface area contributed by atoms with E-state index in [9.17, 15) is 0 Å². The molecule has 0 bridgehead atoms. The van der Waals surface area contributed by atoms with Gasteiger partial charge in [-0.15, -0.1) is 10.2 Å². The van der Waals surface area contributed by atoms with Crippen molar-refractivity contribution in [1.82, 2.24) is 20.1 Å². The summed E-state index contributed by atoms with van der Waals surface area (Å²) in [5, 5.41) is 12.1. The summed E-state index contributed by atoms with van der Waals surface area (Å²) < 4.78 is 7.84. The van der Waals surface area contributed by atoms with Crippen LogP contribution in [0.25, 0.3) is 0 Å². The predicted octanol–water partition coefficient (Wildman–Crippen LogP) is 2.24. The van der Waals surface area contributed by atoms with Gasteiger partial charge in [0.25, 0.3) is 0 Å². The van der Waals surface area contributed by atoms with Crippen LogP contribution in [-0.2, 0) is 25.9 Å². The van der Waals surface area contributed by atoms with E-state index in [1.54, 1.807) is 0 Å². The molecule has 2 aromatic rings. The largest absolute Gasteiger partial charge is 0.465 e. The molecule has 1 aliphatic rings. The Morgan fingerprint density at radius 3 is 3.05 bits per heavy atom. The maximum atomic E-state index is 5.53. The lowest BCUT2D eigenvalue weighted by Gasteiger charge is -2.07. The van der Waals surface area contributed by atoms with Crippen LogP contribution in [0.5, 0.6) is 0 Å². The molecule has 108 valence electrons. The average molecular weight is 274 g/mol. The van der Waals surface area contributed by atoms with E-state index in [0.29, 0.717) is 0 Å². The van der Waals surface area contributed by atoms with Gasteiger partial charge in [0, 0.05) is 25.9 Å². The summed E-state index contributed by atoms with van der Waals surface area (Å²) in [7, 11) is 0. The first-order valence-corrected chi connectivity index (χ1v) is 7.50. The Labute approximate surface area is 119 Å². The van der Waals surface area contributed by atoms with Gasteiger partial charge in [-0.25, -0.2) is 0 Å². The second-order valence-corrected chi connectivity index (χ2v) is 5.43. The zero-order chi connectivity index (χ0) is 13.8. The van der Waals surface area contributed by atoms with Gasteiger partial charge in [0.1, 0.15) is 23.2 Å². The molecule has 0 amide bonds. The van der Waals surface area contributed by atoms with Crippen molar-refractivity contribution < 1.29 is 4.42 Å². The number of fused-ring (bicyclic) bond motifs is 1. The molecule has 0 unspecified atom stereocenters. The summed E-state index contributed by atoms with van der Waals surface area (Å²) in [5.74, 6) is 4.23. The van der Waals surface area contributed by atoms with E-state index in [1.165, 1.54) is 25.1 Å². The van der Waals surface area contributed by atoms with Crippen LogP contribution in [0.2, 0.25) is 0 Å². The predicted molar refractivity (Wildman–Crippen MR) is 76.4 cm³/mol. The number of nitrogens with zero attached hydrogens (tertiary/aromatic N) is 3. The quantitative estimate of drug-likeness (QED) is 0.850. The third kappa shape index (κ3) is 3.10. The van der Waals surface area contributed by atoms with Gasteiger partial charge in [-0.3, -0.25) is 0 Å². The third-order valence-corrected chi connectivity index (χ3v) is 3.81. The molecule has 1 aliphatic heterocycles. The van der Waals surface area contributed by atoms with Crippen molar-refractivity contribution in [3.8, 4) is 0 Å². The van der Waals surface area contributed by atoms with Crippen molar-refractivity contribution in [2.75, 3.05) is 6.54 Å². The van der Waals surface area contributed by atoms with E-state index in [-0.39, 0.29) is 0 Å². The van der Waals surface area contributed by atoms with E-state index in [1.807, 2.05) is 19.1 Å². The molecule has 0 atom stereocenters. The minimum absolute atomic E-state index is 0.773. The van der Waals surface area contributed by atoms with E-state index >= 15 is 0 Å². The SMILES string of the molecule is Cc1ccc(CNCCc2nnc3n2CCCCC3)o1. The molecule has 0 aromatic carbocycles. The highest BCUT2D eigenvalue weighted by Gasteiger charge is 2.13. The molecule has 3 heterocycles. The van der Waals surface area contributed by atoms with Crippen LogP contribution in [0.4, 0.5) is 0 Å². The molecule has 5 heteroatoms. The molecule has 0 radical (unpaired) electrons. The maximum absolute atomic E-state index is 5.53. The van der Waals surface area contributed by atoms with E-state index < -0.39 is 0 Å². The van der Waals surface area contributed by atoms with Crippen molar-refractivity contribution in [2.24, 2.45) is 0 Å². The fourth-order valence-corrected chi connectivity index (χ4v) is 2.72. The van der Waals surface area contributed by atoms with Gasteiger partial charge in [0.05, 0.1) is 6.54 Å². The van der Waals surface area contributed by atoms with Gasteiger partial charge in [-0.1, -0.05) is 6.42 Å². The van der Waals surface area contributed by atoms with Gasteiger partial charge >= 0.3 is 0 Å². The Bertz CT molecular complexity index is 558. The number of hydrogen-bond donors (Lipinski definition) is 1. The summed E-state index contributed by atoms with van der Waals surface area (Å²) in [4.78, 5) is 0. The van der Waals surface area contributed by atoms with Crippen LogP contribution in [-0.4, -0.2) is 21.3 Å². The van der Waals surface area contributed by atoms with Gasteiger partial charge in [-0.2, -0.15) is 0 Å². The van der Waals surface area contributed by atoms with Gasteiger partial charge < -0.3 is 14.3 Å². The van der Waals surface area contributed by atoms with Crippen molar-refractivity contribution >= 4 is 0 Å². The highest BCUT2D eigenvalue weighted by molar-refractivity contribution is 5.05. The first-order valence-electron chi connectivity index (χ1n) is 7.50. The topological polar surface area (TPSA) is 55.9 Å². The number of nitrogens with one attached hydrogen (secondary N) is 1. The van der Waals surface area contributed by atoms with Crippen molar-refractivity contribution in [3.05, 3.63) is 35.3 Å². The van der Waals surface area contributed by atoms with Crippen LogP contribution in [0.15, 0.2) is 16.5 Å². The monoisotopic (exact) mass is 274 g/mol. The lowest BCUT2D eigenvalue weighted by Crippen LogP contribution is -2.18. The molecule has 20 heavy (non-hydrogen) atoms. The Hall–Kier alpha value is -1.62. The molecule has 0 fully saturated rings. The zero-order valence-corrected chi connectivity index (χ0v) is 12.1. The molecule has 0 aliphatic carbocycles. The van der Waals surface area contributed by atoms with E-state index in [2.05, 4.69) is 20.1 Å². The Balaban J connectivity index is 1.50. The summed E-state index contributed by atoms with van der Waals surface area (Å²) in [6.07, 6.45) is 5.79. The fourth-order valence-electron chi connectivity index (χ4n) is 2.72. The normalized spacial score (nSPS) is 15.1. The van der Waals surface area contributed by atoms with Crippen LogP contribution in [0.1, 0.15) is 42.4 Å². The van der Waals surface area contributed by atoms with Crippen LogP contribution in [0.3, 0.4) is 0 Å². The smallest absolute Gasteiger partial charge is 0.134 e. The second-order valence-electron chi connectivity index (χ2n) is 5.43. The molecule has 0 spiro atoms. The standard InChI is InChI=1S/C15H22N4O/c1-12-6-7-13(20-12)11-16-9-8-15-18-17-14-5-3-2-4-10-19(14)15/h6-7,16H,2-5,8-11H2,1H3. The summed E-state index contributed by atoms with van der Waals surface area (Å²) in [6, 6.07) is 4.01. The number of hydrogen-bond acceptors (Lipinski definition) is 4. The van der Waals surface area contributed by atoms with Crippen LogP contribution >= 0.6 is 0 Å². The first-order chi connectivity index (χ1) is 9.83. The fraction of sp³-hybridized carbons (Fsp3) is 0.600. The Morgan fingerprint density at radius 1 is 1.25 bits per heavy atom. The summed E-state index contributed by atoms with van der Waals surface area (Å²) in [5.41, 5.74) is 0. The molecular weight excluding hydrogens is 252 g/mol. The van der Waals surface area contributed by atoms with Gasteiger partial charge in [0.15, 0.2) is 0 Å². The maximum Gasteiger partial charge on any atom is 0.134 e. The van der Waals surface area contributed by atoms with E-state index in [0.717, 1.165) is 49.8 Å². The van der Waals surface area contributed by atoms with Crippen molar-refractivity contribution in [3.63, 3.8) is 0 Å². The minimum atomic E-state index is 0.773. The van der Waals surface area contributed by atoms with Crippen LogP contribution < -0.4 is 5.32 Å². The molecule has 1 N–H and O–H groups in total. The first kappa shape index (κ1) is 13.4. The molecule has 0 saturated carbocycles. The minimum Gasteiger partial charge on any atom is -0.465 e. The van der Waals surface area contributed by atoms with Crippen LogP contribution in [0, 0.1) is 6.92 Å². The number of aryl methyl sites for hydroxylation is 2. The van der Waals surface area contributed by atoms with Gasteiger partial charge in [0.2, 0.25) is 0 Å². The molecule has 0 saturated heterocycles. The third-order valence-electron chi connectivity index (χ3n) is 3.81. The molecule has 3 rings (SSSR count). The highest BCUT2D eigenvalue weighted by Crippen LogP contribution is 2.14. The number of aromatic nitrogens is 3. The lowest BCUT2D eigenvalue weighted by atomic mass is 10.2.